The fraction of sp³-hybridized carbons (Fsp3) is 0.167. The van der Waals surface area contributed by atoms with Crippen molar-refractivity contribution in [1.29, 1.82) is 0 Å². The predicted molar refractivity (Wildman–Crippen MR) is 113 cm³/mol. The molecule has 140 valence electrons. The quantitative estimate of drug-likeness (QED) is 0.458. The van der Waals surface area contributed by atoms with Crippen molar-refractivity contribution in [3.05, 3.63) is 83.9 Å². The van der Waals surface area contributed by atoms with Gasteiger partial charge in [-0.3, -0.25) is 4.57 Å². The van der Waals surface area contributed by atoms with E-state index in [1.54, 1.807) is 0 Å². The van der Waals surface area contributed by atoms with Gasteiger partial charge in [0.25, 0.3) is 0 Å². The molecule has 0 radical (unpaired) electrons. The molecular formula is C24H23N3O. The fourth-order valence-electron chi connectivity index (χ4n) is 3.17. The second kappa shape index (κ2) is 7.69. The molecule has 0 unspecified atom stereocenters. The second-order valence-corrected chi connectivity index (χ2v) is 6.84. The Balaban J connectivity index is 1.86. The van der Waals surface area contributed by atoms with E-state index >= 15 is 0 Å². The topological polar surface area (TPSA) is 39.9 Å². The minimum atomic E-state index is 0.649. The number of hydrogen-bond acceptors (Lipinski definition) is 3. The molecule has 28 heavy (non-hydrogen) atoms. The number of hydrogen-bond donors (Lipinski definition) is 0. The fourth-order valence-corrected chi connectivity index (χ4v) is 3.17. The third-order valence-corrected chi connectivity index (χ3v) is 4.69. The molecule has 0 atom stereocenters. The van der Waals surface area contributed by atoms with E-state index in [-0.39, 0.29) is 0 Å². The molecule has 0 aliphatic carbocycles. The van der Waals surface area contributed by atoms with Crippen molar-refractivity contribution in [1.82, 2.24) is 14.8 Å². The molecule has 1 aromatic heterocycles. The summed E-state index contributed by atoms with van der Waals surface area (Å²) >= 11 is 0. The summed E-state index contributed by atoms with van der Waals surface area (Å²) in [6, 6.07) is 24.8. The summed E-state index contributed by atoms with van der Waals surface area (Å²) in [5.41, 5.74) is 5.51. The largest absolute Gasteiger partial charge is 0.494 e. The highest BCUT2D eigenvalue weighted by molar-refractivity contribution is 5.67. The molecule has 0 aliphatic heterocycles. The molecule has 0 bridgehead atoms. The third-order valence-electron chi connectivity index (χ3n) is 4.69. The van der Waals surface area contributed by atoms with Crippen molar-refractivity contribution < 1.29 is 4.74 Å². The van der Waals surface area contributed by atoms with Gasteiger partial charge in [-0.1, -0.05) is 47.5 Å². The van der Waals surface area contributed by atoms with E-state index in [2.05, 4.69) is 77.1 Å². The lowest BCUT2D eigenvalue weighted by Gasteiger charge is -2.12. The summed E-state index contributed by atoms with van der Waals surface area (Å²) < 4.78 is 7.68. The van der Waals surface area contributed by atoms with Gasteiger partial charge < -0.3 is 4.74 Å². The van der Waals surface area contributed by atoms with Crippen molar-refractivity contribution in [2.24, 2.45) is 0 Å². The maximum Gasteiger partial charge on any atom is 0.168 e. The maximum absolute atomic E-state index is 5.57. The molecule has 4 heteroatoms. The molecule has 0 saturated carbocycles. The Kier molecular flexibility index (Phi) is 4.94. The highest BCUT2D eigenvalue weighted by atomic mass is 16.5. The van der Waals surface area contributed by atoms with Crippen LogP contribution >= 0.6 is 0 Å². The van der Waals surface area contributed by atoms with Crippen LogP contribution in [0.5, 0.6) is 5.75 Å². The molecule has 4 aromatic rings. The minimum Gasteiger partial charge on any atom is -0.494 e. The summed E-state index contributed by atoms with van der Waals surface area (Å²) in [5.74, 6) is 2.49. The van der Waals surface area contributed by atoms with Crippen LogP contribution in [0, 0.1) is 13.8 Å². The number of ether oxygens (including phenoxy) is 1. The van der Waals surface area contributed by atoms with Gasteiger partial charge in [0.15, 0.2) is 11.6 Å². The first kappa shape index (κ1) is 18.0. The minimum absolute atomic E-state index is 0.649. The second-order valence-electron chi connectivity index (χ2n) is 6.84. The van der Waals surface area contributed by atoms with Crippen molar-refractivity contribution >= 4 is 0 Å². The Morgan fingerprint density at radius 2 is 1.14 bits per heavy atom. The normalized spacial score (nSPS) is 10.8. The molecule has 1 heterocycles. The number of benzene rings is 3. The van der Waals surface area contributed by atoms with Gasteiger partial charge in [-0.25, -0.2) is 0 Å². The molecule has 0 spiro atoms. The van der Waals surface area contributed by atoms with Crippen LogP contribution in [0.25, 0.3) is 28.5 Å². The zero-order valence-electron chi connectivity index (χ0n) is 16.4. The van der Waals surface area contributed by atoms with E-state index in [0.29, 0.717) is 6.61 Å². The number of aryl methyl sites for hydroxylation is 2. The first-order chi connectivity index (χ1) is 13.7. The summed E-state index contributed by atoms with van der Waals surface area (Å²) in [4.78, 5) is 0. The van der Waals surface area contributed by atoms with Gasteiger partial charge in [0.05, 0.1) is 6.61 Å². The summed E-state index contributed by atoms with van der Waals surface area (Å²) in [6.45, 7) is 6.80. The van der Waals surface area contributed by atoms with Gasteiger partial charge in [-0.2, -0.15) is 0 Å². The molecule has 4 rings (SSSR count). The summed E-state index contributed by atoms with van der Waals surface area (Å²) in [7, 11) is 0. The molecule has 0 N–H and O–H groups in total. The first-order valence-corrected chi connectivity index (χ1v) is 9.48. The van der Waals surface area contributed by atoms with E-state index in [0.717, 1.165) is 34.2 Å². The van der Waals surface area contributed by atoms with Gasteiger partial charge >= 0.3 is 0 Å². The van der Waals surface area contributed by atoms with E-state index in [1.807, 2.05) is 31.2 Å². The Bertz CT molecular complexity index is 1060. The summed E-state index contributed by atoms with van der Waals surface area (Å²) in [5, 5.41) is 9.06. The average molecular weight is 369 g/mol. The average Bonchev–Trinajstić information content (AvgIpc) is 3.15. The zero-order valence-corrected chi connectivity index (χ0v) is 16.4. The number of nitrogens with zero attached hydrogens (tertiary/aromatic N) is 3. The summed E-state index contributed by atoms with van der Waals surface area (Å²) in [6.07, 6.45) is 0. The van der Waals surface area contributed by atoms with Crippen LogP contribution in [0.2, 0.25) is 0 Å². The Morgan fingerprint density at radius 1 is 0.679 bits per heavy atom. The molecular weight excluding hydrogens is 346 g/mol. The van der Waals surface area contributed by atoms with Crippen LogP contribution in [0.15, 0.2) is 72.8 Å². The lowest BCUT2D eigenvalue weighted by molar-refractivity contribution is 0.340. The van der Waals surface area contributed by atoms with Crippen LogP contribution in [0.1, 0.15) is 18.1 Å². The molecule has 0 saturated heterocycles. The van der Waals surface area contributed by atoms with Crippen molar-refractivity contribution in [2.45, 2.75) is 20.8 Å². The van der Waals surface area contributed by atoms with E-state index in [4.69, 9.17) is 4.74 Å². The van der Waals surface area contributed by atoms with Gasteiger partial charge in [-0.05, 0) is 57.2 Å². The predicted octanol–water partition coefficient (Wildman–Crippen LogP) is 5.62. The Hall–Kier alpha value is -3.40. The monoisotopic (exact) mass is 369 g/mol. The zero-order chi connectivity index (χ0) is 19.5. The lowest BCUT2D eigenvalue weighted by atomic mass is 10.1. The highest BCUT2D eigenvalue weighted by Gasteiger charge is 2.17. The van der Waals surface area contributed by atoms with E-state index < -0.39 is 0 Å². The SMILES string of the molecule is CCOc1ccc(-c2nnc(-c3ccc(C)cc3)n2-c2ccc(C)cc2)cc1. The van der Waals surface area contributed by atoms with Crippen LogP contribution in [-0.2, 0) is 0 Å². The van der Waals surface area contributed by atoms with Gasteiger partial charge in [0, 0.05) is 16.8 Å². The van der Waals surface area contributed by atoms with Crippen LogP contribution < -0.4 is 4.74 Å². The van der Waals surface area contributed by atoms with Gasteiger partial charge in [-0.15, -0.1) is 10.2 Å². The van der Waals surface area contributed by atoms with Crippen molar-refractivity contribution in [2.75, 3.05) is 6.61 Å². The van der Waals surface area contributed by atoms with Crippen molar-refractivity contribution in [3.8, 4) is 34.2 Å². The van der Waals surface area contributed by atoms with Crippen molar-refractivity contribution in [3.63, 3.8) is 0 Å². The smallest absolute Gasteiger partial charge is 0.168 e. The standard InChI is InChI=1S/C24H23N3O/c1-4-28-22-15-11-20(12-16-22)24-26-25-23(19-9-5-17(2)6-10-19)27(24)21-13-7-18(3)8-14-21/h5-16H,4H2,1-3H3. The molecule has 0 amide bonds. The third kappa shape index (κ3) is 3.54. The van der Waals surface area contributed by atoms with E-state index in [9.17, 15) is 0 Å². The molecule has 0 aliphatic rings. The lowest BCUT2D eigenvalue weighted by Crippen LogP contribution is -2.00. The molecule has 3 aromatic carbocycles. The number of aromatic nitrogens is 3. The van der Waals surface area contributed by atoms with Gasteiger partial charge in [0.1, 0.15) is 5.75 Å². The highest BCUT2D eigenvalue weighted by Crippen LogP contribution is 2.29. The van der Waals surface area contributed by atoms with Crippen LogP contribution in [-0.4, -0.2) is 21.4 Å². The maximum atomic E-state index is 5.57. The first-order valence-electron chi connectivity index (χ1n) is 9.48. The molecule has 4 nitrogen and oxygen atoms in total. The molecule has 0 fully saturated rings. The number of rotatable bonds is 5. The van der Waals surface area contributed by atoms with Crippen LogP contribution in [0.4, 0.5) is 0 Å². The Labute approximate surface area is 165 Å². The van der Waals surface area contributed by atoms with Gasteiger partial charge in [0.2, 0.25) is 0 Å². The van der Waals surface area contributed by atoms with E-state index in [1.165, 1.54) is 11.1 Å². The Morgan fingerprint density at radius 3 is 1.64 bits per heavy atom. The van der Waals surface area contributed by atoms with Crippen LogP contribution in [0.3, 0.4) is 0 Å².